The molecule has 1 fully saturated rings. The van der Waals surface area contributed by atoms with E-state index >= 15 is 0 Å². The summed E-state index contributed by atoms with van der Waals surface area (Å²) in [6.07, 6.45) is 6.90. The van der Waals surface area contributed by atoms with Crippen molar-refractivity contribution in [2.45, 2.75) is 50.7 Å². The van der Waals surface area contributed by atoms with E-state index in [0.717, 1.165) is 23.9 Å². The van der Waals surface area contributed by atoms with E-state index < -0.39 is 18.1 Å². The minimum absolute atomic E-state index is 0.403. The molecule has 1 aromatic heterocycles. The summed E-state index contributed by atoms with van der Waals surface area (Å²) in [7, 11) is 0. The minimum Gasteiger partial charge on any atom is -0.382 e. The Labute approximate surface area is 147 Å². The van der Waals surface area contributed by atoms with Crippen molar-refractivity contribution in [2.24, 2.45) is 11.7 Å². The van der Waals surface area contributed by atoms with Crippen molar-refractivity contribution in [2.75, 3.05) is 5.43 Å². The summed E-state index contributed by atoms with van der Waals surface area (Å²) in [5.41, 5.74) is 12.7. The summed E-state index contributed by atoms with van der Waals surface area (Å²) >= 11 is 0. The lowest BCUT2D eigenvalue weighted by Crippen LogP contribution is -2.48. The van der Waals surface area contributed by atoms with Crippen LogP contribution in [0, 0.1) is 5.92 Å². The highest BCUT2D eigenvalue weighted by molar-refractivity contribution is 5.82. The molecule has 7 nitrogen and oxygen atoms in total. The Hall–Kier alpha value is -2.25. The third-order valence-electron chi connectivity index (χ3n) is 4.77. The normalized spacial score (nSPS) is 17.8. The smallest absolute Gasteiger partial charge is 0.268 e. The zero-order chi connectivity index (χ0) is 17.6. The lowest BCUT2D eigenvalue weighted by atomic mass is 9.84. The highest BCUT2D eigenvalue weighted by Crippen LogP contribution is 2.27. The maximum Gasteiger partial charge on any atom is 0.268 e. The van der Waals surface area contributed by atoms with E-state index in [0.29, 0.717) is 18.2 Å². The SMILES string of the molecule is NC(CC1CCCCC1)C(O)C(=O)NNc1cnc2ccccc2n1. The van der Waals surface area contributed by atoms with E-state index in [2.05, 4.69) is 20.8 Å². The van der Waals surface area contributed by atoms with E-state index in [1.807, 2.05) is 24.3 Å². The van der Waals surface area contributed by atoms with E-state index in [4.69, 9.17) is 5.73 Å². The van der Waals surface area contributed by atoms with Crippen LogP contribution in [0.15, 0.2) is 30.5 Å². The van der Waals surface area contributed by atoms with Crippen LogP contribution >= 0.6 is 0 Å². The second-order valence-corrected chi connectivity index (χ2v) is 6.71. The summed E-state index contributed by atoms with van der Waals surface area (Å²) in [5.74, 6) is 0.351. The van der Waals surface area contributed by atoms with Gasteiger partial charge in [0.15, 0.2) is 5.82 Å². The van der Waals surface area contributed by atoms with Gasteiger partial charge in [-0.1, -0.05) is 44.2 Å². The van der Waals surface area contributed by atoms with Gasteiger partial charge in [-0.15, -0.1) is 0 Å². The van der Waals surface area contributed by atoms with Gasteiger partial charge in [0.25, 0.3) is 5.91 Å². The number of nitrogens with one attached hydrogen (secondary N) is 2. The van der Waals surface area contributed by atoms with Gasteiger partial charge in [-0.25, -0.2) is 4.98 Å². The maximum atomic E-state index is 12.1. The number of aliphatic hydroxyl groups excluding tert-OH is 1. The first-order valence-corrected chi connectivity index (χ1v) is 8.85. The number of hydrazine groups is 1. The molecule has 1 aromatic carbocycles. The van der Waals surface area contributed by atoms with Gasteiger partial charge in [0.1, 0.15) is 6.10 Å². The van der Waals surface area contributed by atoms with Crippen LogP contribution in [-0.4, -0.2) is 33.1 Å². The Morgan fingerprint density at radius 2 is 1.96 bits per heavy atom. The van der Waals surface area contributed by atoms with E-state index in [1.165, 1.54) is 25.5 Å². The van der Waals surface area contributed by atoms with Gasteiger partial charge in [0, 0.05) is 6.04 Å². The minimum atomic E-state index is -1.25. The molecule has 2 atom stereocenters. The number of carbonyl (C=O) groups is 1. The standard InChI is InChI=1S/C18H25N5O2/c19-13(10-12-6-2-1-3-7-12)17(24)18(25)23-22-16-11-20-14-8-4-5-9-15(14)21-16/h4-5,8-9,11-13,17,24H,1-3,6-7,10,19H2,(H,21,22)(H,23,25). The zero-order valence-electron chi connectivity index (χ0n) is 14.2. The predicted octanol–water partition coefficient (Wildman–Crippen LogP) is 1.73. The molecule has 2 unspecified atom stereocenters. The molecule has 1 amide bonds. The van der Waals surface area contributed by atoms with Crippen LogP contribution in [0.1, 0.15) is 38.5 Å². The van der Waals surface area contributed by atoms with Crippen LogP contribution in [0.2, 0.25) is 0 Å². The number of benzene rings is 1. The number of rotatable bonds is 6. The quantitative estimate of drug-likeness (QED) is 0.594. The van der Waals surface area contributed by atoms with Crippen molar-refractivity contribution < 1.29 is 9.90 Å². The summed E-state index contributed by atoms with van der Waals surface area (Å²) < 4.78 is 0. The highest BCUT2D eigenvalue weighted by atomic mass is 16.3. The molecule has 134 valence electrons. The summed E-state index contributed by atoms with van der Waals surface area (Å²) in [6, 6.07) is 6.89. The van der Waals surface area contributed by atoms with Gasteiger partial charge in [-0.3, -0.25) is 20.6 Å². The van der Waals surface area contributed by atoms with Crippen LogP contribution in [0.5, 0.6) is 0 Å². The molecule has 1 saturated carbocycles. The number of aliphatic hydroxyl groups is 1. The molecular weight excluding hydrogens is 318 g/mol. The molecule has 3 rings (SSSR count). The van der Waals surface area contributed by atoms with Crippen molar-refractivity contribution in [3.05, 3.63) is 30.5 Å². The molecule has 0 aliphatic heterocycles. The summed E-state index contributed by atoms with van der Waals surface area (Å²) in [4.78, 5) is 20.7. The Morgan fingerprint density at radius 3 is 2.72 bits per heavy atom. The zero-order valence-corrected chi connectivity index (χ0v) is 14.2. The van der Waals surface area contributed by atoms with Gasteiger partial charge in [0.2, 0.25) is 0 Å². The van der Waals surface area contributed by atoms with Crippen LogP contribution in [-0.2, 0) is 4.79 Å². The number of anilines is 1. The number of hydrogen-bond acceptors (Lipinski definition) is 6. The van der Waals surface area contributed by atoms with E-state index in [-0.39, 0.29) is 0 Å². The summed E-state index contributed by atoms with van der Waals surface area (Å²) in [6.45, 7) is 0. The van der Waals surface area contributed by atoms with Crippen LogP contribution in [0.3, 0.4) is 0 Å². The highest BCUT2D eigenvalue weighted by Gasteiger charge is 2.26. The topological polar surface area (TPSA) is 113 Å². The average molecular weight is 343 g/mol. The van der Waals surface area contributed by atoms with Crippen LogP contribution in [0.25, 0.3) is 11.0 Å². The number of carbonyl (C=O) groups excluding carboxylic acids is 1. The molecule has 1 aliphatic rings. The lowest BCUT2D eigenvalue weighted by molar-refractivity contribution is -0.130. The number of nitrogens with two attached hydrogens (primary N) is 1. The molecule has 0 bridgehead atoms. The predicted molar refractivity (Wildman–Crippen MR) is 96.5 cm³/mol. The van der Waals surface area contributed by atoms with Crippen molar-refractivity contribution in [3.63, 3.8) is 0 Å². The molecule has 7 heteroatoms. The Balaban J connectivity index is 1.51. The molecule has 0 spiro atoms. The van der Waals surface area contributed by atoms with Crippen molar-refractivity contribution >= 4 is 22.8 Å². The molecule has 25 heavy (non-hydrogen) atoms. The molecule has 5 N–H and O–H groups in total. The Kier molecular flexibility index (Phi) is 5.78. The van der Waals surface area contributed by atoms with Gasteiger partial charge < -0.3 is 10.8 Å². The van der Waals surface area contributed by atoms with E-state index in [9.17, 15) is 9.90 Å². The molecule has 2 aromatic rings. The number of amides is 1. The number of fused-ring (bicyclic) bond motifs is 1. The molecule has 1 aliphatic carbocycles. The fourth-order valence-electron chi connectivity index (χ4n) is 3.35. The largest absolute Gasteiger partial charge is 0.382 e. The van der Waals surface area contributed by atoms with Gasteiger partial charge in [0.05, 0.1) is 17.2 Å². The van der Waals surface area contributed by atoms with Crippen molar-refractivity contribution in [3.8, 4) is 0 Å². The lowest BCUT2D eigenvalue weighted by Gasteiger charge is -2.26. The fraction of sp³-hybridized carbons (Fsp3) is 0.500. The van der Waals surface area contributed by atoms with Gasteiger partial charge in [-0.05, 0) is 24.5 Å². The second-order valence-electron chi connectivity index (χ2n) is 6.71. The van der Waals surface area contributed by atoms with Crippen molar-refractivity contribution in [1.82, 2.24) is 15.4 Å². The molecule has 1 heterocycles. The second kappa shape index (κ2) is 8.22. The molecular formula is C18H25N5O2. The first kappa shape index (κ1) is 17.6. The number of aromatic nitrogens is 2. The van der Waals surface area contributed by atoms with Crippen LogP contribution < -0.4 is 16.6 Å². The maximum absolute atomic E-state index is 12.1. The van der Waals surface area contributed by atoms with Crippen molar-refractivity contribution in [1.29, 1.82) is 0 Å². The number of para-hydroxylation sites is 2. The Morgan fingerprint density at radius 1 is 1.24 bits per heavy atom. The first-order chi connectivity index (χ1) is 12.1. The van der Waals surface area contributed by atoms with Gasteiger partial charge in [-0.2, -0.15) is 0 Å². The van der Waals surface area contributed by atoms with Gasteiger partial charge >= 0.3 is 0 Å². The summed E-state index contributed by atoms with van der Waals surface area (Å²) in [5, 5.41) is 10.2. The molecule has 0 radical (unpaired) electrons. The molecule has 0 saturated heterocycles. The number of nitrogens with zero attached hydrogens (tertiary/aromatic N) is 2. The fourth-order valence-corrected chi connectivity index (χ4v) is 3.35. The monoisotopic (exact) mass is 343 g/mol. The average Bonchev–Trinajstić information content (AvgIpc) is 2.66. The van der Waals surface area contributed by atoms with Crippen LogP contribution in [0.4, 0.5) is 5.82 Å². The third-order valence-corrected chi connectivity index (χ3v) is 4.77. The first-order valence-electron chi connectivity index (χ1n) is 8.85. The third kappa shape index (κ3) is 4.64. The van der Waals surface area contributed by atoms with E-state index in [1.54, 1.807) is 0 Å². The number of hydrogen-bond donors (Lipinski definition) is 4. The Bertz CT molecular complexity index is 717.